The molecule has 0 radical (unpaired) electrons. The highest BCUT2D eigenvalue weighted by molar-refractivity contribution is 6.05. The number of carbonyl (C=O) groups excluding carboxylic acids is 1. The standard InChI is InChI=1S/C25H23FN4O4/c1-2-14-29(24(32)20-13-12-19(34-20)17-10-6-7-11-18(17)26)21-22(27)30(25(33)28-23(21)31)15-16-8-4-3-5-9-16/h3-13H,2,14-15,27H2,1H3,(H,28,31,33). The van der Waals surface area contributed by atoms with Crippen molar-refractivity contribution in [2.75, 3.05) is 17.2 Å². The second-order valence-corrected chi connectivity index (χ2v) is 7.67. The molecule has 0 bridgehead atoms. The number of nitrogens with one attached hydrogen (secondary N) is 1. The van der Waals surface area contributed by atoms with E-state index in [1.807, 2.05) is 37.3 Å². The van der Waals surface area contributed by atoms with Gasteiger partial charge in [0.1, 0.15) is 17.4 Å². The largest absolute Gasteiger partial charge is 0.451 e. The lowest BCUT2D eigenvalue weighted by atomic mass is 10.1. The summed E-state index contributed by atoms with van der Waals surface area (Å²) in [6.07, 6.45) is 0.503. The summed E-state index contributed by atoms with van der Waals surface area (Å²) in [5, 5.41) is 0. The van der Waals surface area contributed by atoms with Crippen molar-refractivity contribution in [1.29, 1.82) is 0 Å². The summed E-state index contributed by atoms with van der Waals surface area (Å²) in [6, 6.07) is 18.1. The SMILES string of the molecule is CCCN(C(=O)c1ccc(-c2ccccc2F)o1)c1c(N)n(Cc2ccccc2)c(=O)[nH]c1=O. The van der Waals surface area contributed by atoms with Gasteiger partial charge < -0.3 is 10.2 Å². The zero-order valence-electron chi connectivity index (χ0n) is 18.5. The van der Waals surface area contributed by atoms with Gasteiger partial charge >= 0.3 is 5.69 Å². The number of aromatic nitrogens is 2. The smallest absolute Gasteiger partial charge is 0.330 e. The number of hydrogen-bond donors (Lipinski definition) is 2. The molecule has 0 aliphatic rings. The number of furan rings is 1. The number of amides is 1. The first-order valence-electron chi connectivity index (χ1n) is 10.7. The molecule has 0 atom stereocenters. The number of nitrogens with zero attached hydrogens (tertiary/aromatic N) is 2. The molecule has 2 heterocycles. The van der Waals surface area contributed by atoms with Gasteiger partial charge in [0, 0.05) is 6.54 Å². The lowest BCUT2D eigenvalue weighted by Crippen LogP contribution is -2.41. The molecule has 4 rings (SSSR count). The monoisotopic (exact) mass is 462 g/mol. The minimum Gasteiger partial charge on any atom is -0.451 e. The van der Waals surface area contributed by atoms with E-state index >= 15 is 0 Å². The van der Waals surface area contributed by atoms with Crippen molar-refractivity contribution >= 4 is 17.4 Å². The molecule has 34 heavy (non-hydrogen) atoms. The fraction of sp³-hybridized carbons (Fsp3) is 0.160. The van der Waals surface area contributed by atoms with Crippen LogP contribution in [0.5, 0.6) is 0 Å². The third kappa shape index (κ3) is 4.40. The second-order valence-electron chi connectivity index (χ2n) is 7.67. The molecule has 0 spiro atoms. The zero-order valence-corrected chi connectivity index (χ0v) is 18.5. The van der Waals surface area contributed by atoms with E-state index in [4.69, 9.17) is 10.2 Å². The topological polar surface area (TPSA) is 114 Å². The summed E-state index contributed by atoms with van der Waals surface area (Å²) in [5.41, 5.74) is 5.65. The molecule has 9 heteroatoms. The summed E-state index contributed by atoms with van der Waals surface area (Å²) < 4.78 is 21.0. The first kappa shape index (κ1) is 22.8. The fourth-order valence-electron chi connectivity index (χ4n) is 3.69. The van der Waals surface area contributed by atoms with Crippen molar-refractivity contribution in [2.45, 2.75) is 19.9 Å². The molecule has 0 aliphatic carbocycles. The van der Waals surface area contributed by atoms with Crippen molar-refractivity contribution in [1.82, 2.24) is 9.55 Å². The van der Waals surface area contributed by atoms with Gasteiger partial charge in [-0.15, -0.1) is 0 Å². The Morgan fingerprint density at radius 1 is 1.06 bits per heavy atom. The van der Waals surface area contributed by atoms with Gasteiger partial charge in [0.15, 0.2) is 11.4 Å². The van der Waals surface area contributed by atoms with Crippen LogP contribution in [0.2, 0.25) is 0 Å². The minimum atomic E-state index is -0.783. The number of rotatable bonds is 7. The van der Waals surface area contributed by atoms with E-state index in [2.05, 4.69) is 4.98 Å². The molecule has 0 saturated carbocycles. The van der Waals surface area contributed by atoms with E-state index in [1.54, 1.807) is 12.1 Å². The quantitative estimate of drug-likeness (QED) is 0.435. The van der Waals surface area contributed by atoms with Crippen LogP contribution in [0.1, 0.15) is 29.5 Å². The number of carbonyl (C=O) groups is 1. The molecule has 4 aromatic rings. The Morgan fingerprint density at radius 2 is 1.76 bits per heavy atom. The molecule has 3 N–H and O–H groups in total. The number of H-pyrrole nitrogens is 1. The van der Waals surface area contributed by atoms with Gasteiger partial charge in [-0.05, 0) is 36.2 Å². The van der Waals surface area contributed by atoms with Crippen LogP contribution in [0.25, 0.3) is 11.3 Å². The average Bonchev–Trinajstić information content (AvgIpc) is 3.32. The summed E-state index contributed by atoms with van der Waals surface area (Å²) in [4.78, 5) is 42.1. The molecule has 2 aromatic carbocycles. The van der Waals surface area contributed by atoms with Crippen molar-refractivity contribution in [3.8, 4) is 11.3 Å². The van der Waals surface area contributed by atoms with E-state index in [-0.39, 0.29) is 41.7 Å². The van der Waals surface area contributed by atoms with E-state index in [1.165, 1.54) is 33.7 Å². The molecular formula is C25H23FN4O4. The molecule has 0 saturated heterocycles. The van der Waals surface area contributed by atoms with Crippen molar-refractivity contribution < 1.29 is 13.6 Å². The molecule has 0 unspecified atom stereocenters. The first-order chi connectivity index (χ1) is 16.4. The van der Waals surface area contributed by atoms with Crippen LogP contribution in [0.4, 0.5) is 15.9 Å². The van der Waals surface area contributed by atoms with Crippen LogP contribution in [-0.2, 0) is 6.54 Å². The third-order valence-corrected chi connectivity index (χ3v) is 5.32. The molecule has 1 amide bonds. The normalized spacial score (nSPS) is 10.9. The molecular weight excluding hydrogens is 439 g/mol. The van der Waals surface area contributed by atoms with E-state index in [0.717, 1.165) is 5.56 Å². The summed E-state index contributed by atoms with van der Waals surface area (Å²) in [5.74, 6) is -1.18. The Kier molecular flexibility index (Phi) is 6.44. The number of halogens is 1. The summed E-state index contributed by atoms with van der Waals surface area (Å²) in [7, 11) is 0. The van der Waals surface area contributed by atoms with Gasteiger partial charge in [0.2, 0.25) is 0 Å². The molecule has 0 aliphatic heterocycles. The number of benzene rings is 2. The number of anilines is 2. The molecule has 0 fully saturated rings. The van der Waals surface area contributed by atoms with Gasteiger partial charge in [-0.25, -0.2) is 9.18 Å². The first-order valence-corrected chi connectivity index (χ1v) is 10.7. The fourth-order valence-corrected chi connectivity index (χ4v) is 3.69. The maximum atomic E-state index is 14.1. The number of hydrogen-bond acceptors (Lipinski definition) is 5. The Labute approximate surface area is 194 Å². The van der Waals surface area contributed by atoms with Gasteiger partial charge in [-0.2, -0.15) is 0 Å². The lowest BCUT2D eigenvalue weighted by molar-refractivity contribution is 0.0960. The van der Waals surface area contributed by atoms with Crippen LogP contribution >= 0.6 is 0 Å². The van der Waals surface area contributed by atoms with Crippen molar-refractivity contribution in [3.05, 3.63) is 105 Å². The lowest BCUT2D eigenvalue weighted by Gasteiger charge is -2.23. The summed E-state index contributed by atoms with van der Waals surface area (Å²) in [6.45, 7) is 2.09. The van der Waals surface area contributed by atoms with E-state index in [9.17, 15) is 18.8 Å². The van der Waals surface area contributed by atoms with E-state index in [0.29, 0.717) is 6.42 Å². The minimum absolute atomic E-state index is 0.0914. The Hall–Kier alpha value is -4.40. The predicted molar refractivity (Wildman–Crippen MR) is 127 cm³/mol. The highest BCUT2D eigenvalue weighted by Gasteiger charge is 2.27. The average molecular weight is 462 g/mol. The Balaban J connectivity index is 1.75. The third-order valence-electron chi connectivity index (χ3n) is 5.32. The van der Waals surface area contributed by atoms with E-state index < -0.39 is 23.0 Å². The van der Waals surface area contributed by atoms with Crippen LogP contribution in [0.3, 0.4) is 0 Å². The van der Waals surface area contributed by atoms with Crippen molar-refractivity contribution in [3.63, 3.8) is 0 Å². The number of nitrogen functional groups attached to an aromatic ring is 1. The summed E-state index contributed by atoms with van der Waals surface area (Å²) >= 11 is 0. The highest BCUT2D eigenvalue weighted by Crippen LogP contribution is 2.27. The zero-order chi connectivity index (χ0) is 24.2. The number of aromatic amines is 1. The van der Waals surface area contributed by atoms with Crippen molar-refractivity contribution in [2.24, 2.45) is 0 Å². The van der Waals surface area contributed by atoms with Crippen LogP contribution in [-0.4, -0.2) is 22.0 Å². The maximum Gasteiger partial charge on any atom is 0.330 e. The van der Waals surface area contributed by atoms with Crippen LogP contribution < -0.4 is 21.9 Å². The van der Waals surface area contributed by atoms with Gasteiger partial charge in [0.25, 0.3) is 11.5 Å². The van der Waals surface area contributed by atoms with Crippen LogP contribution in [0, 0.1) is 5.82 Å². The Morgan fingerprint density at radius 3 is 2.47 bits per heavy atom. The molecule has 174 valence electrons. The van der Waals surface area contributed by atoms with Gasteiger partial charge in [-0.3, -0.25) is 24.0 Å². The Bertz CT molecular complexity index is 1440. The predicted octanol–water partition coefficient (Wildman–Crippen LogP) is 3.62. The molecule has 8 nitrogen and oxygen atoms in total. The molecule has 2 aromatic heterocycles. The number of nitrogens with two attached hydrogens (primary N) is 1. The van der Waals surface area contributed by atoms with Gasteiger partial charge in [0.05, 0.1) is 12.1 Å². The van der Waals surface area contributed by atoms with Crippen LogP contribution in [0.15, 0.2) is 80.7 Å². The second kappa shape index (κ2) is 9.62. The van der Waals surface area contributed by atoms with Gasteiger partial charge in [-0.1, -0.05) is 49.4 Å². The maximum absolute atomic E-state index is 14.1. The highest BCUT2D eigenvalue weighted by atomic mass is 19.1.